The first-order chi connectivity index (χ1) is 11.1. The zero-order chi connectivity index (χ0) is 16.0. The number of nitrogens with zero attached hydrogens (tertiary/aromatic N) is 3. The molecule has 1 aromatic carbocycles. The Morgan fingerprint density at radius 2 is 2.22 bits per heavy atom. The molecule has 0 radical (unpaired) electrons. The van der Waals surface area contributed by atoms with E-state index in [0.717, 1.165) is 24.1 Å². The third-order valence-corrected chi connectivity index (χ3v) is 4.81. The summed E-state index contributed by atoms with van der Waals surface area (Å²) in [5, 5.41) is 0.540. The van der Waals surface area contributed by atoms with Crippen LogP contribution >= 0.6 is 11.6 Å². The molecule has 0 unspecified atom stereocenters. The Morgan fingerprint density at radius 3 is 3.00 bits per heavy atom. The Kier molecular flexibility index (Phi) is 3.54. The Hall–Kier alpha value is -1.98. The molecule has 1 aromatic heterocycles. The number of hydrogen-bond acceptors (Lipinski definition) is 5. The Balaban J connectivity index is 1.58. The number of aromatic nitrogens is 2. The predicted molar refractivity (Wildman–Crippen MR) is 87.1 cm³/mol. The Bertz CT molecular complexity index is 793. The fourth-order valence-electron chi connectivity index (χ4n) is 3.23. The molecule has 2 aliphatic rings. The summed E-state index contributed by atoms with van der Waals surface area (Å²) in [7, 11) is 2.09. The molecule has 0 saturated carbocycles. The lowest BCUT2D eigenvalue weighted by Gasteiger charge is -2.18. The number of rotatable bonds is 3. The topological polar surface area (TPSA) is 55.3 Å². The van der Waals surface area contributed by atoms with Crippen molar-refractivity contribution in [3.05, 3.63) is 40.7 Å². The van der Waals surface area contributed by atoms with E-state index in [-0.39, 0.29) is 11.8 Å². The molecule has 4 rings (SSSR count). The summed E-state index contributed by atoms with van der Waals surface area (Å²) in [4.78, 5) is 23.3. The van der Waals surface area contributed by atoms with Crippen LogP contribution < -0.4 is 4.74 Å². The molecule has 1 aliphatic heterocycles. The molecule has 1 saturated heterocycles. The smallest absolute Gasteiger partial charge is 0.317 e. The SMILES string of the molecule is CN1CCC[C@@H]1COc1ncc2c(n1)C(=O)c1cc(Cl)ccc1-2. The third-order valence-electron chi connectivity index (χ3n) is 4.57. The van der Waals surface area contributed by atoms with E-state index in [9.17, 15) is 4.79 Å². The maximum absolute atomic E-state index is 12.5. The van der Waals surface area contributed by atoms with Crippen LogP contribution in [0, 0.1) is 0 Å². The number of benzene rings is 1. The number of ether oxygens (including phenoxy) is 1. The van der Waals surface area contributed by atoms with Crippen LogP contribution in [0.2, 0.25) is 5.02 Å². The molecule has 0 spiro atoms. The van der Waals surface area contributed by atoms with Crippen LogP contribution in [0.1, 0.15) is 28.9 Å². The fraction of sp³-hybridized carbons (Fsp3) is 0.353. The summed E-state index contributed by atoms with van der Waals surface area (Å²) in [6.07, 6.45) is 3.96. The minimum atomic E-state index is -0.122. The number of likely N-dealkylation sites (tertiary alicyclic amines) is 1. The van der Waals surface area contributed by atoms with Crippen LogP contribution in [-0.4, -0.2) is 46.9 Å². The molecule has 0 amide bonds. The molecule has 0 bridgehead atoms. The van der Waals surface area contributed by atoms with Gasteiger partial charge in [-0.3, -0.25) is 4.79 Å². The third kappa shape index (κ3) is 2.50. The van der Waals surface area contributed by atoms with Gasteiger partial charge in [-0.2, -0.15) is 4.98 Å². The van der Waals surface area contributed by atoms with Gasteiger partial charge in [-0.05, 0) is 44.1 Å². The second-order valence-corrected chi connectivity index (χ2v) is 6.46. The zero-order valence-corrected chi connectivity index (χ0v) is 13.5. The van der Waals surface area contributed by atoms with E-state index < -0.39 is 0 Å². The van der Waals surface area contributed by atoms with Gasteiger partial charge >= 0.3 is 6.01 Å². The molecule has 0 N–H and O–H groups in total. The van der Waals surface area contributed by atoms with Gasteiger partial charge in [0.05, 0.1) is 0 Å². The van der Waals surface area contributed by atoms with Crippen LogP contribution in [0.5, 0.6) is 6.01 Å². The van der Waals surface area contributed by atoms with Gasteiger partial charge in [0, 0.05) is 28.4 Å². The van der Waals surface area contributed by atoms with Crippen molar-refractivity contribution in [2.75, 3.05) is 20.2 Å². The molecule has 1 atom stereocenters. The van der Waals surface area contributed by atoms with E-state index in [1.54, 1.807) is 18.3 Å². The van der Waals surface area contributed by atoms with Crippen molar-refractivity contribution >= 4 is 17.4 Å². The lowest BCUT2D eigenvalue weighted by Crippen LogP contribution is -2.30. The van der Waals surface area contributed by atoms with Crippen molar-refractivity contribution in [2.45, 2.75) is 18.9 Å². The first-order valence-corrected chi connectivity index (χ1v) is 8.06. The standard InChI is InChI=1S/C17H16ClN3O2/c1-21-6-2-3-11(21)9-23-17-19-8-14-12-5-4-10(18)7-13(12)16(22)15(14)20-17/h4-5,7-8,11H,2-3,6,9H2,1H3/t11-/m1/s1. The highest BCUT2D eigenvalue weighted by Gasteiger charge is 2.30. The van der Waals surface area contributed by atoms with E-state index in [1.807, 2.05) is 6.07 Å². The number of halogens is 1. The Morgan fingerprint density at radius 1 is 1.35 bits per heavy atom. The second kappa shape index (κ2) is 5.58. The lowest BCUT2D eigenvalue weighted by molar-refractivity contribution is 0.103. The summed E-state index contributed by atoms with van der Waals surface area (Å²) in [6, 6.07) is 5.92. The van der Waals surface area contributed by atoms with Crippen molar-refractivity contribution in [3.8, 4) is 17.1 Å². The van der Waals surface area contributed by atoms with Crippen molar-refractivity contribution in [1.29, 1.82) is 0 Å². The number of likely N-dealkylation sites (N-methyl/N-ethyl adjacent to an activating group) is 1. The quantitative estimate of drug-likeness (QED) is 0.739. The summed E-state index contributed by atoms with van der Waals surface area (Å²) >= 11 is 5.98. The molecule has 1 aliphatic carbocycles. The predicted octanol–water partition coefficient (Wildman–Crippen LogP) is 2.81. The highest BCUT2D eigenvalue weighted by molar-refractivity contribution is 6.32. The molecule has 2 aromatic rings. The minimum absolute atomic E-state index is 0.122. The summed E-state index contributed by atoms with van der Waals surface area (Å²) in [5.74, 6) is -0.122. The van der Waals surface area contributed by atoms with Crippen LogP contribution in [0.15, 0.2) is 24.4 Å². The fourth-order valence-corrected chi connectivity index (χ4v) is 3.40. The van der Waals surface area contributed by atoms with Crippen molar-refractivity contribution in [2.24, 2.45) is 0 Å². The molecular weight excluding hydrogens is 314 g/mol. The van der Waals surface area contributed by atoms with Gasteiger partial charge in [0.2, 0.25) is 5.78 Å². The van der Waals surface area contributed by atoms with E-state index in [4.69, 9.17) is 16.3 Å². The van der Waals surface area contributed by atoms with Gasteiger partial charge in [-0.25, -0.2) is 4.98 Å². The lowest BCUT2D eigenvalue weighted by atomic mass is 10.1. The maximum Gasteiger partial charge on any atom is 0.317 e. The van der Waals surface area contributed by atoms with E-state index in [1.165, 1.54) is 6.42 Å². The number of carbonyl (C=O) groups is 1. The van der Waals surface area contributed by atoms with Crippen LogP contribution in [0.3, 0.4) is 0 Å². The van der Waals surface area contributed by atoms with Crippen LogP contribution in [-0.2, 0) is 0 Å². The van der Waals surface area contributed by atoms with Crippen LogP contribution in [0.25, 0.3) is 11.1 Å². The normalized spacial score (nSPS) is 19.7. The number of carbonyl (C=O) groups excluding carboxylic acids is 1. The van der Waals surface area contributed by atoms with E-state index in [0.29, 0.717) is 28.9 Å². The van der Waals surface area contributed by atoms with Gasteiger partial charge in [0.25, 0.3) is 0 Å². The molecule has 2 heterocycles. The molecular formula is C17H16ClN3O2. The van der Waals surface area contributed by atoms with Gasteiger partial charge in [-0.15, -0.1) is 0 Å². The molecule has 5 nitrogen and oxygen atoms in total. The Labute approximate surface area is 139 Å². The average molecular weight is 330 g/mol. The largest absolute Gasteiger partial charge is 0.462 e. The minimum Gasteiger partial charge on any atom is -0.462 e. The first-order valence-electron chi connectivity index (χ1n) is 7.68. The average Bonchev–Trinajstić information content (AvgIpc) is 3.08. The zero-order valence-electron chi connectivity index (χ0n) is 12.8. The summed E-state index contributed by atoms with van der Waals surface area (Å²) in [6.45, 7) is 1.63. The molecule has 6 heteroatoms. The van der Waals surface area contributed by atoms with Crippen LogP contribution in [0.4, 0.5) is 0 Å². The van der Waals surface area contributed by atoms with E-state index >= 15 is 0 Å². The van der Waals surface area contributed by atoms with Gasteiger partial charge in [0.1, 0.15) is 12.3 Å². The number of fused-ring (bicyclic) bond motifs is 3. The molecule has 1 fully saturated rings. The maximum atomic E-state index is 12.5. The highest BCUT2D eigenvalue weighted by Crippen LogP contribution is 2.36. The molecule has 23 heavy (non-hydrogen) atoms. The summed E-state index contributed by atoms with van der Waals surface area (Å²) < 4.78 is 5.71. The monoisotopic (exact) mass is 329 g/mol. The highest BCUT2D eigenvalue weighted by atomic mass is 35.5. The second-order valence-electron chi connectivity index (χ2n) is 6.02. The number of ketones is 1. The number of hydrogen-bond donors (Lipinski definition) is 0. The van der Waals surface area contributed by atoms with Crippen molar-refractivity contribution in [1.82, 2.24) is 14.9 Å². The molecule has 118 valence electrons. The van der Waals surface area contributed by atoms with Crippen molar-refractivity contribution in [3.63, 3.8) is 0 Å². The summed E-state index contributed by atoms with van der Waals surface area (Å²) in [5.41, 5.74) is 2.55. The van der Waals surface area contributed by atoms with Crippen molar-refractivity contribution < 1.29 is 9.53 Å². The van der Waals surface area contributed by atoms with Gasteiger partial charge in [0.15, 0.2) is 0 Å². The van der Waals surface area contributed by atoms with E-state index in [2.05, 4.69) is 21.9 Å². The van der Waals surface area contributed by atoms with Gasteiger partial charge < -0.3 is 9.64 Å². The van der Waals surface area contributed by atoms with Gasteiger partial charge in [-0.1, -0.05) is 17.7 Å². The first kappa shape index (κ1) is 14.6.